The summed E-state index contributed by atoms with van der Waals surface area (Å²) in [4.78, 5) is 33.3. The number of methoxy groups -OCH3 is 2. The summed E-state index contributed by atoms with van der Waals surface area (Å²) in [6, 6.07) is 9.33. The predicted molar refractivity (Wildman–Crippen MR) is 122 cm³/mol. The summed E-state index contributed by atoms with van der Waals surface area (Å²) >= 11 is 12.0. The summed E-state index contributed by atoms with van der Waals surface area (Å²) in [6.07, 6.45) is -1.71. The maximum atomic E-state index is 11.9. The van der Waals surface area contributed by atoms with Gasteiger partial charge in [-0.05, 0) is 50.2 Å². The highest BCUT2D eigenvalue weighted by Crippen LogP contribution is 2.28. The first-order chi connectivity index (χ1) is 15.2. The summed E-state index contributed by atoms with van der Waals surface area (Å²) in [6.45, 7) is 3.03. The van der Waals surface area contributed by atoms with Crippen molar-refractivity contribution in [3.05, 3.63) is 46.4 Å². The Labute approximate surface area is 194 Å². The van der Waals surface area contributed by atoms with Crippen molar-refractivity contribution in [2.45, 2.75) is 13.8 Å². The molecule has 0 radical (unpaired) electrons. The van der Waals surface area contributed by atoms with Crippen LogP contribution in [0, 0.1) is 0 Å². The van der Waals surface area contributed by atoms with Gasteiger partial charge in [0, 0.05) is 11.4 Å². The number of hydrogen-bond acceptors (Lipinski definition) is 8. The van der Waals surface area contributed by atoms with Gasteiger partial charge in [0.15, 0.2) is 0 Å². The molecule has 0 aliphatic carbocycles. The molecule has 0 bridgehead atoms. The molecule has 2 rings (SSSR count). The van der Waals surface area contributed by atoms with Crippen LogP contribution < -0.4 is 20.1 Å². The summed E-state index contributed by atoms with van der Waals surface area (Å²) < 4.78 is 10.1. The number of hydrogen-bond donors (Lipinski definition) is 2. The maximum absolute atomic E-state index is 11.9. The molecule has 2 aromatic carbocycles. The van der Waals surface area contributed by atoms with E-state index in [9.17, 15) is 9.59 Å². The van der Waals surface area contributed by atoms with Crippen LogP contribution in [0.15, 0.2) is 46.7 Å². The van der Waals surface area contributed by atoms with Crippen molar-refractivity contribution in [2.75, 3.05) is 24.9 Å². The zero-order valence-electron chi connectivity index (χ0n) is 17.6. The van der Waals surface area contributed by atoms with Crippen LogP contribution in [0.25, 0.3) is 0 Å². The number of carbonyl (C=O) groups is 2. The number of nitrogens with zero attached hydrogens (tertiary/aromatic N) is 2. The lowest BCUT2D eigenvalue weighted by Crippen LogP contribution is -2.16. The van der Waals surface area contributed by atoms with Crippen molar-refractivity contribution in [2.24, 2.45) is 10.3 Å². The number of benzene rings is 2. The van der Waals surface area contributed by atoms with E-state index in [1.165, 1.54) is 40.2 Å². The summed E-state index contributed by atoms with van der Waals surface area (Å²) in [7, 11) is 2.96. The minimum Gasteiger partial charge on any atom is -0.495 e. The largest absolute Gasteiger partial charge is 0.495 e. The summed E-state index contributed by atoms with van der Waals surface area (Å²) in [5.74, 6) is 0.927. The Morgan fingerprint density at radius 1 is 0.750 bits per heavy atom. The number of amides is 2. The predicted octanol–water partition coefficient (Wildman–Crippen LogP) is 5.56. The van der Waals surface area contributed by atoms with Crippen molar-refractivity contribution in [1.82, 2.24) is 0 Å². The van der Waals surface area contributed by atoms with Crippen LogP contribution in [0.4, 0.5) is 21.0 Å². The van der Waals surface area contributed by atoms with Gasteiger partial charge in [0.05, 0.1) is 24.3 Å². The molecule has 0 fully saturated rings. The molecular weight excluding hydrogens is 463 g/mol. The Hall–Kier alpha value is -3.50. The molecular formula is C20H20Cl2N4O6. The van der Waals surface area contributed by atoms with E-state index in [0.717, 1.165) is 0 Å². The van der Waals surface area contributed by atoms with E-state index in [2.05, 4.69) is 20.9 Å². The lowest BCUT2D eigenvalue weighted by Gasteiger charge is -2.07. The second-order valence-electron chi connectivity index (χ2n) is 6.06. The van der Waals surface area contributed by atoms with Crippen molar-refractivity contribution in [1.29, 1.82) is 0 Å². The van der Waals surface area contributed by atoms with Crippen molar-refractivity contribution in [3.63, 3.8) is 0 Å². The molecule has 0 aromatic heterocycles. The Kier molecular flexibility index (Phi) is 9.11. The van der Waals surface area contributed by atoms with E-state index < -0.39 is 12.2 Å². The lowest BCUT2D eigenvalue weighted by atomic mass is 10.3. The van der Waals surface area contributed by atoms with E-state index in [0.29, 0.717) is 32.9 Å². The maximum Gasteiger partial charge on any atom is 0.437 e. The molecule has 0 saturated carbocycles. The van der Waals surface area contributed by atoms with Gasteiger partial charge in [-0.25, -0.2) is 9.59 Å². The monoisotopic (exact) mass is 482 g/mol. The zero-order valence-corrected chi connectivity index (χ0v) is 19.1. The molecule has 10 nitrogen and oxygen atoms in total. The smallest absolute Gasteiger partial charge is 0.437 e. The molecule has 2 N–H and O–H groups in total. The number of rotatable bonds is 7. The number of anilines is 2. The van der Waals surface area contributed by atoms with Crippen LogP contribution in [-0.2, 0) is 9.68 Å². The quantitative estimate of drug-likeness (QED) is 0.302. The Bertz CT molecular complexity index is 975. The van der Waals surface area contributed by atoms with Gasteiger partial charge < -0.3 is 9.47 Å². The average Bonchev–Trinajstić information content (AvgIpc) is 2.76. The van der Waals surface area contributed by atoms with Gasteiger partial charge in [0.1, 0.15) is 22.9 Å². The van der Waals surface area contributed by atoms with E-state index in [4.69, 9.17) is 42.4 Å². The van der Waals surface area contributed by atoms with Gasteiger partial charge >= 0.3 is 12.2 Å². The van der Waals surface area contributed by atoms with Crippen LogP contribution in [0.3, 0.4) is 0 Å². The topological polar surface area (TPSA) is 120 Å². The molecule has 32 heavy (non-hydrogen) atoms. The molecule has 0 saturated heterocycles. The number of nitrogens with one attached hydrogen (secondary N) is 2. The molecule has 0 unspecified atom stereocenters. The van der Waals surface area contributed by atoms with E-state index in [1.807, 2.05) is 0 Å². The molecule has 0 spiro atoms. The van der Waals surface area contributed by atoms with E-state index in [1.54, 1.807) is 24.3 Å². The fourth-order valence-electron chi connectivity index (χ4n) is 2.12. The molecule has 2 aromatic rings. The van der Waals surface area contributed by atoms with Crippen molar-refractivity contribution in [3.8, 4) is 11.5 Å². The van der Waals surface area contributed by atoms with E-state index in [-0.39, 0.29) is 11.4 Å². The standard InChI is InChI=1S/C20H20Cl2N4O6/c1-11(25-31-19(27)23-13-5-7-17(29-3)15(21)9-13)12(2)26-32-20(28)24-14-6-8-18(30-4)16(22)10-14/h5-10H,1-4H3,(H,23,27)(H,24,28)/b25-11-,26-12-. The molecule has 0 heterocycles. The van der Waals surface area contributed by atoms with Crippen molar-refractivity contribution >= 4 is 58.2 Å². The van der Waals surface area contributed by atoms with Crippen LogP contribution >= 0.6 is 23.2 Å². The first-order valence-electron chi connectivity index (χ1n) is 8.96. The minimum atomic E-state index is -0.853. The fourth-order valence-corrected chi connectivity index (χ4v) is 2.64. The Balaban J connectivity index is 1.87. The number of halogens is 2. The molecule has 170 valence electrons. The third-order valence-corrected chi connectivity index (χ3v) is 4.44. The first kappa shape index (κ1) is 24.8. The molecule has 0 aliphatic rings. The summed E-state index contributed by atoms with van der Waals surface area (Å²) in [5.41, 5.74) is 1.18. The van der Waals surface area contributed by atoms with Gasteiger partial charge in [0.25, 0.3) is 0 Å². The average molecular weight is 483 g/mol. The number of oxime groups is 2. The second kappa shape index (κ2) is 11.8. The highest BCUT2D eigenvalue weighted by molar-refractivity contribution is 6.40. The molecule has 0 aliphatic heterocycles. The van der Waals surface area contributed by atoms with Gasteiger partial charge in [0.2, 0.25) is 0 Å². The third-order valence-electron chi connectivity index (χ3n) is 3.85. The molecule has 0 atom stereocenters. The summed E-state index contributed by atoms with van der Waals surface area (Å²) in [5, 5.41) is 12.8. The fraction of sp³-hybridized carbons (Fsp3) is 0.200. The Morgan fingerprint density at radius 3 is 1.44 bits per heavy atom. The van der Waals surface area contributed by atoms with Crippen LogP contribution in [0.5, 0.6) is 11.5 Å². The lowest BCUT2D eigenvalue weighted by molar-refractivity contribution is 0.164. The highest BCUT2D eigenvalue weighted by atomic mass is 35.5. The van der Waals surface area contributed by atoms with Gasteiger partial charge in [-0.2, -0.15) is 0 Å². The Morgan fingerprint density at radius 2 is 1.12 bits per heavy atom. The number of ether oxygens (including phenoxy) is 2. The van der Waals surface area contributed by atoms with Gasteiger partial charge in [-0.3, -0.25) is 20.3 Å². The van der Waals surface area contributed by atoms with Gasteiger partial charge in [-0.15, -0.1) is 0 Å². The normalized spacial score (nSPS) is 11.4. The molecule has 2 amide bonds. The minimum absolute atomic E-state index is 0.202. The zero-order chi connectivity index (χ0) is 23.7. The second-order valence-corrected chi connectivity index (χ2v) is 6.87. The molecule has 12 heteroatoms. The SMILES string of the molecule is COc1ccc(NC(=O)O/N=C(C)\C(C)=N/OC(=O)Nc2ccc(OC)c(Cl)c2)cc1Cl. The van der Waals surface area contributed by atoms with Crippen LogP contribution in [0.1, 0.15) is 13.8 Å². The van der Waals surface area contributed by atoms with E-state index >= 15 is 0 Å². The van der Waals surface area contributed by atoms with Crippen LogP contribution in [0.2, 0.25) is 10.0 Å². The number of carbonyl (C=O) groups excluding carboxylic acids is 2. The highest BCUT2D eigenvalue weighted by Gasteiger charge is 2.09. The van der Waals surface area contributed by atoms with Gasteiger partial charge in [-0.1, -0.05) is 33.5 Å². The first-order valence-corrected chi connectivity index (χ1v) is 9.71. The third kappa shape index (κ3) is 7.33. The van der Waals surface area contributed by atoms with Crippen molar-refractivity contribution < 1.29 is 28.7 Å². The van der Waals surface area contributed by atoms with Crippen LogP contribution in [-0.4, -0.2) is 37.8 Å².